The number of fused-ring (bicyclic) bond motifs is 2. The van der Waals surface area contributed by atoms with E-state index in [0.717, 1.165) is 48.6 Å². The molecule has 0 amide bonds. The number of hydrogen-bond acceptors (Lipinski definition) is 3. The van der Waals surface area contributed by atoms with Crippen molar-refractivity contribution < 1.29 is 0 Å². The third-order valence-corrected chi connectivity index (χ3v) is 6.15. The van der Waals surface area contributed by atoms with Crippen molar-refractivity contribution in [2.75, 3.05) is 36.0 Å². The van der Waals surface area contributed by atoms with Gasteiger partial charge in [-0.15, -0.1) is 0 Å². The summed E-state index contributed by atoms with van der Waals surface area (Å²) in [5, 5.41) is 1.24. The second-order valence-corrected chi connectivity index (χ2v) is 7.97. The van der Waals surface area contributed by atoms with Gasteiger partial charge in [-0.2, -0.15) is 0 Å². The second kappa shape index (κ2) is 7.13. The van der Waals surface area contributed by atoms with E-state index in [9.17, 15) is 4.79 Å². The number of benzene rings is 2. The van der Waals surface area contributed by atoms with E-state index in [0.29, 0.717) is 6.54 Å². The first-order valence-electron chi connectivity index (χ1n) is 10.6. The fourth-order valence-corrected chi connectivity index (χ4v) is 4.64. The molecule has 1 N–H and O–H groups in total. The lowest BCUT2D eigenvalue weighted by atomic mass is 10.1. The maximum absolute atomic E-state index is 13.0. The summed E-state index contributed by atoms with van der Waals surface area (Å²) in [6, 6.07) is 14.9. The molecule has 6 heteroatoms. The van der Waals surface area contributed by atoms with Crippen LogP contribution in [0, 0.1) is 0 Å². The zero-order chi connectivity index (χ0) is 20.8. The minimum Gasteiger partial charge on any atom is -0.368 e. The number of nitrogens with one attached hydrogen (secondary N) is 1. The number of aromatic amines is 1. The number of aryl methyl sites for hydroxylation is 1. The van der Waals surface area contributed by atoms with Crippen molar-refractivity contribution in [1.82, 2.24) is 14.1 Å². The molecule has 0 unspecified atom stereocenters. The van der Waals surface area contributed by atoms with Crippen LogP contribution in [0.3, 0.4) is 0 Å². The zero-order valence-corrected chi connectivity index (χ0v) is 17.6. The molecule has 1 aliphatic rings. The van der Waals surface area contributed by atoms with Crippen LogP contribution in [0.25, 0.3) is 27.6 Å². The van der Waals surface area contributed by atoms with Gasteiger partial charge in [0.2, 0.25) is 0 Å². The number of nitrogens with zero attached hydrogens (tertiary/aromatic N) is 4. The number of imidazole rings is 1. The van der Waals surface area contributed by atoms with Gasteiger partial charge >= 0.3 is 5.69 Å². The van der Waals surface area contributed by atoms with Gasteiger partial charge in [0.1, 0.15) is 0 Å². The molecule has 2 aromatic heterocycles. The van der Waals surface area contributed by atoms with Crippen LogP contribution >= 0.6 is 0 Å². The number of anilines is 2. The summed E-state index contributed by atoms with van der Waals surface area (Å²) >= 11 is 0. The molecular formula is C24H27N5O. The molecule has 2 aromatic carbocycles. The molecule has 6 nitrogen and oxygen atoms in total. The first kappa shape index (κ1) is 18.6. The zero-order valence-electron chi connectivity index (χ0n) is 17.6. The topological polar surface area (TPSA) is 49.2 Å². The van der Waals surface area contributed by atoms with Gasteiger partial charge in [0.05, 0.1) is 16.7 Å². The van der Waals surface area contributed by atoms with E-state index in [4.69, 9.17) is 0 Å². The van der Waals surface area contributed by atoms with Crippen molar-refractivity contribution in [2.45, 2.75) is 20.4 Å². The Morgan fingerprint density at radius 1 is 1.07 bits per heavy atom. The van der Waals surface area contributed by atoms with Gasteiger partial charge < -0.3 is 14.8 Å². The Balaban J connectivity index is 1.47. The average Bonchev–Trinajstić information content (AvgIpc) is 3.34. The van der Waals surface area contributed by atoms with Crippen molar-refractivity contribution in [3.8, 4) is 0 Å². The van der Waals surface area contributed by atoms with Gasteiger partial charge in [0.25, 0.3) is 0 Å². The molecule has 0 radical (unpaired) electrons. The van der Waals surface area contributed by atoms with Crippen molar-refractivity contribution in [3.05, 3.63) is 65.7 Å². The van der Waals surface area contributed by atoms with E-state index in [1.165, 1.54) is 16.6 Å². The highest BCUT2D eigenvalue weighted by molar-refractivity contribution is 5.92. The molecule has 0 atom stereocenters. The normalized spacial score (nSPS) is 14.7. The molecule has 154 valence electrons. The first-order valence-corrected chi connectivity index (χ1v) is 10.6. The predicted octanol–water partition coefficient (Wildman–Crippen LogP) is 4.12. The molecule has 3 heterocycles. The van der Waals surface area contributed by atoms with E-state index in [1.807, 2.05) is 30.7 Å². The van der Waals surface area contributed by atoms with E-state index in [1.54, 1.807) is 4.57 Å². The lowest BCUT2D eigenvalue weighted by Gasteiger charge is -2.37. The maximum atomic E-state index is 13.0. The van der Waals surface area contributed by atoms with Crippen LogP contribution in [0.15, 0.2) is 60.0 Å². The number of H-pyrrole nitrogens is 1. The van der Waals surface area contributed by atoms with Crippen molar-refractivity contribution >= 4 is 39.0 Å². The quantitative estimate of drug-likeness (QED) is 0.560. The summed E-state index contributed by atoms with van der Waals surface area (Å²) in [7, 11) is 0. The largest absolute Gasteiger partial charge is 0.368 e. The van der Waals surface area contributed by atoms with Crippen LogP contribution in [-0.4, -0.2) is 40.3 Å². The summed E-state index contributed by atoms with van der Waals surface area (Å²) in [5.41, 5.74) is 6.22. The number of rotatable bonds is 4. The number of aromatic nitrogens is 3. The Hall–Kier alpha value is -3.41. The van der Waals surface area contributed by atoms with Crippen LogP contribution in [0.2, 0.25) is 0 Å². The average molecular weight is 402 g/mol. The Morgan fingerprint density at radius 3 is 2.57 bits per heavy atom. The summed E-state index contributed by atoms with van der Waals surface area (Å²) in [4.78, 5) is 21.1. The molecule has 0 saturated carbocycles. The lowest BCUT2D eigenvalue weighted by molar-refractivity contribution is 0.654. The molecule has 5 rings (SSSR count). The molecule has 4 aromatic rings. The highest BCUT2D eigenvalue weighted by atomic mass is 16.1. The third-order valence-electron chi connectivity index (χ3n) is 6.15. The molecule has 0 spiro atoms. The van der Waals surface area contributed by atoms with E-state index in [2.05, 4.69) is 57.8 Å². The van der Waals surface area contributed by atoms with Crippen LogP contribution in [0.4, 0.5) is 11.4 Å². The number of hydrogen-bond donors (Lipinski definition) is 1. The standard InChI is InChI=1S/C24H27N5O/c1-4-28-22-7-5-6-21(23(22)29(17(2)3)24(28)30)27-14-12-26(13-15-27)19-9-8-18-10-11-25-20(18)16-19/h5-11,16,25H,2,4,12-15H2,1,3H3. The Kier molecular flexibility index (Phi) is 4.42. The first-order chi connectivity index (χ1) is 14.6. The Labute approximate surface area is 175 Å². The fourth-order valence-electron chi connectivity index (χ4n) is 4.64. The third kappa shape index (κ3) is 2.83. The van der Waals surface area contributed by atoms with Crippen molar-refractivity contribution in [2.24, 2.45) is 0 Å². The maximum Gasteiger partial charge on any atom is 0.333 e. The van der Waals surface area contributed by atoms with Crippen LogP contribution in [0.5, 0.6) is 0 Å². The van der Waals surface area contributed by atoms with Gasteiger partial charge in [0, 0.05) is 55.8 Å². The van der Waals surface area contributed by atoms with Gasteiger partial charge in [-0.3, -0.25) is 9.13 Å². The monoisotopic (exact) mass is 401 g/mol. The van der Waals surface area contributed by atoms with Gasteiger partial charge in [-0.05, 0) is 49.6 Å². The molecule has 1 aliphatic heterocycles. The van der Waals surface area contributed by atoms with Gasteiger partial charge in [-0.1, -0.05) is 18.7 Å². The summed E-state index contributed by atoms with van der Waals surface area (Å²) in [6.07, 6.45) is 1.98. The lowest BCUT2D eigenvalue weighted by Crippen LogP contribution is -2.46. The summed E-state index contributed by atoms with van der Waals surface area (Å²) < 4.78 is 3.59. The van der Waals surface area contributed by atoms with Crippen LogP contribution in [-0.2, 0) is 6.54 Å². The van der Waals surface area contributed by atoms with E-state index < -0.39 is 0 Å². The second-order valence-electron chi connectivity index (χ2n) is 7.97. The molecule has 1 saturated heterocycles. The molecule has 0 bridgehead atoms. The van der Waals surface area contributed by atoms with Crippen LogP contribution < -0.4 is 15.5 Å². The van der Waals surface area contributed by atoms with Gasteiger partial charge in [0.15, 0.2) is 0 Å². The minimum atomic E-state index is -0.00895. The summed E-state index contributed by atoms with van der Waals surface area (Å²) in [6.45, 7) is 12.3. The molecule has 30 heavy (non-hydrogen) atoms. The highest BCUT2D eigenvalue weighted by Crippen LogP contribution is 2.30. The molecule has 1 fully saturated rings. The Bertz CT molecular complexity index is 1300. The molecular weight excluding hydrogens is 374 g/mol. The van der Waals surface area contributed by atoms with E-state index in [-0.39, 0.29) is 5.69 Å². The number of piperazine rings is 1. The minimum absolute atomic E-state index is 0.00895. The van der Waals surface area contributed by atoms with Crippen LogP contribution in [0.1, 0.15) is 13.8 Å². The van der Waals surface area contributed by atoms with Gasteiger partial charge in [-0.25, -0.2) is 4.79 Å². The van der Waals surface area contributed by atoms with Crippen molar-refractivity contribution in [3.63, 3.8) is 0 Å². The SMILES string of the molecule is C=C(C)n1c(=O)n(CC)c2cccc(N3CCN(c4ccc5cc[nH]c5c4)CC3)c21. The fraction of sp³-hybridized carbons (Fsp3) is 0.292. The highest BCUT2D eigenvalue weighted by Gasteiger charge is 2.23. The predicted molar refractivity (Wildman–Crippen MR) is 126 cm³/mol. The van der Waals surface area contributed by atoms with Crippen molar-refractivity contribution in [1.29, 1.82) is 0 Å². The number of para-hydroxylation sites is 1. The smallest absolute Gasteiger partial charge is 0.333 e. The summed E-state index contributed by atoms with van der Waals surface area (Å²) in [5.74, 6) is 0. The Morgan fingerprint density at radius 2 is 1.83 bits per heavy atom. The molecule has 0 aliphatic carbocycles. The van der Waals surface area contributed by atoms with E-state index >= 15 is 0 Å². The number of allylic oxidation sites excluding steroid dienone is 1.